The number of nitrogens with zero attached hydrogens (tertiary/aromatic N) is 2. The molecular weight excluding hydrogens is 314 g/mol. The number of halogens is 1. The van der Waals surface area contributed by atoms with E-state index >= 15 is 0 Å². The van der Waals surface area contributed by atoms with E-state index in [-0.39, 0.29) is 12.5 Å². The monoisotopic (exact) mass is 333 g/mol. The second-order valence-corrected chi connectivity index (χ2v) is 5.43. The van der Waals surface area contributed by atoms with Gasteiger partial charge in [0.15, 0.2) is 0 Å². The van der Waals surface area contributed by atoms with Gasteiger partial charge in [0.05, 0.1) is 24.4 Å². The number of benzene rings is 1. The first-order chi connectivity index (χ1) is 11.1. The summed E-state index contributed by atoms with van der Waals surface area (Å²) in [5.74, 6) is 0.544. The number of aromatic nitrogens is 1. The van der Waals surface area contributed by atoms with Gasteiger partial charge >= 0.3 is 0 Å². The zero-order chi connectivity index (χ0) is 16.7. The molecule has 0 radical (unpaired) electrons. The van der Waals surface area contributed by atoms with Gasteiger partial charge in [-0.3, -0.25) is 14.7 Å². The van der Waals surface area contributed by atoms with Gasteiger partial charge in [-0.25, -0.2) is 0 Å². The van der Waals surface area contributed by atoms with Crippen LogP contribution in [0.2, 0.25) is 5.02 Å². The minimum absolute atomic E-state index is 0.0958. The number of anilines is 1. The van der Waals surface area contributed by atoms with Crippen molar-refractivity contribution in [1.29, 1.82) is 0 Å². The van der Waals surface area contributed by atoms with Crippen LogP contribution in [-0.2, 0) is 11.3 Å². The Balaban J connectivity index is 1.98. The maximum Gasteiger partial charge on any atom is 0.238 e. The number of para-hydroxylation sites is 2. The van der Waals surface area contributed by atoms with E-state index < -0.39 is 0 Å². The number of ether oxygens (including phenoxy) is 1. The Morgan fingerprint density at radius 1 is 1.35 bits per heavy atom. The van der Waals surface area contributed by atoms with Crippen molar-refractivity contribution in [2.45, 2.75) is 13.5 Å². The first-order valence-electron chi connectivity index (χ1n) is 7.37. The average Bonchev–Trinajstić information content (AvgIpc) is 2.56. The summed E-state index contributed by atoms with van der Waals surface area (Å²) < 4.78 is 5.24. The van der Waals surface area contributed by atoms with Crippen LogP contribution >= 0.6 is 11.6 Å². The number of hydrogen-bond donors (Lipinski definition) is 1. The first kappa shape index (κ1) is 17.2. The van der Waals surface area contributed by atoms with E-state index in [1.165, 1.54) is 0 Å². The van der Waals surface area contributed by atoms with Crippen LogP contribution in [-0.4, -0.2) is 36.0 Å². The summed E-state index contributed by atoms with van der Waals surface area (Å²) in [5, 5.41) is 3.48. The summed E-state index contributed by atoms with van der Waals surface area (Å²) in [6, 6.07) is 9.20. The molecule has 0 saturated carbocycles. The summed E-state index contributed by atoms with van der Waals surface area (Å²) in [7, 11) is 1.58. The highest BCUT2D eigenvalue weighted by Gasteiger charge is 2.13. The van der Waals surface area contributed by atoms with E-state index in [0.29, 0.717) is 23.0 Å². The Kier molecular flexibility index (Phi) is 6.38. The van der Waals surface area contributed by atoms with Crippen LogP contribution in [0, 0.1) is 0 Å². The minimum atomic E-state index is -0.0958. The summed E-state index contributed by atoms with van der Waals surface area (Å²) in [4.78, 5) is 18.2. The largest absolute Gasteiger partial charge is 0.495 e. The molecule has 0 saturated heterocycles. The van der Waals surface area contributed by atoms with E-state index in [4.69, 9.17) is 16.3 Å². The molecule has 2 rings (SSSR count). The van der Waals surface area contributed by atoms with Crippen molar-refractivity contribution in [3.63, 3.8) is 0 Å². The Labute approximate surface area is 141 Å². The Morgan fingerprint density at radius 2 is 2.13 bits per heavy atom. The average molecular weight is 334 g/mol. The zero-order valence-corrected chi connectivity index (χ0v) is 14.0. The third-order valence-electron chi connectivity index (χ3n) is 3.45. The second kappa shape index (κ2) is 8.50. The topological polar surface area (TPSA) is 54.5 Å². The lowest BCUT2D eigenvalue weighted by molar-refractivity contribution is -0.117. The molecule has 0 aliphatic rings. The van der Waals surface area contributed by atoms with Gasteiger partial charge in [-0.2, -0.15) is 0 Å². The van der Waals surface area contributed by atoms with E-state index in [0.717, 1.165) is 12.1 Å². The number of likely N-dealkylation sites (N-methyl/N-ethyl adjacent to an activating group) is 1. The fourth-order valence-electron chi connectivity index (χ4n) is 2.19. The predicted octanol–water partition coefficient (Wildman–Crippen LogP) is 3.20. The van der Waals surface area contributed by atoms with Crippen LogP contribution in [0.5, 0.6) is 5.75 Å². The van der Waals surface area contributed by atoms with Gasteiger partial charge in [0.25, 0.3) is 0 Å². The zero-order valence-electron chi connectivity index (χ0n) is 13.3. The Bertz CT molecular complexity index is 664. The maximum atomic E-state index is 12.3. The normalized spacial score (nSPS) is 10.6. The summed E-state index contributed by atoms with van der Waals surface area (Å²) in [6.07, 6.45) is 3.31. The van der Waals surface area contributed by atoms with Crippen LogP contribution in [0.1, 0.15) is 12.5 Å². The van der Waals surface area contributed by atoms with Gasteiger partial charge in [0.1, 0.15) is 5.75 Å². The summed E-state index contributed by atoms with van der Waals surface area (Å²) in [5.41, 5.74) is 1.62. The molecule has 0 unspecified atom stereocenters. The standard InChI is InChI=1S/C17H20ClN3O2/c1-3-21(11-13-8-9-19-10-14(13)18)12-17(22)20-15-6-4-5-7-16(15)23-2/h4-10H,3,11-12H2,1-2H3,(H,20,22). The fourth-order valence-corrected chi connectivity index (χ4v) is 2.37. The van der Waals surface area contributed by atoms with Gasteiger partial charge in [-0.15, -0.1) is 0 Å². The molecule has 0 spiro atoms. The Hall–Kier alpha value is -2.11. The molecule has 6 heteroatoms. The van der Waals surface area contributed by atoms with Crippen LogP contribution in [0.25, 0.3) is 0 Å². The third kappa shape index (κ3) is 4.94. The van der Waals surface area contributed by atoms with Crippen molar-refractivity contribution in [3.05, 3.63) is 53.3 Å². The molecule has 0 aliphatic carbocycles. The van der Waals surface area contributed by atoms with E-state index in [1.807, 2.05) is 42.2 Å². The highest BCUT2D eigenvalue weighted by molar-refractivity contribution is 6.31. The second-order valence-electron chi connectivity index (χ2n) is 5.02. The molecule has 0 fully saturated rings. The van der Waals surface area contributed by atoms with Crippen molar-refractivity contribution < 1.29 is 9.53 Å². The summed E-state index contributed by atoms with van der Waals surface area (Å²) in [6.45, 7) is 3.61. The number of hydrogen-bond acceptors (Lipinski definition) is 4. The number of methoxy groups -OCH3 is 1. The molecule has 1 aromatic heterocycles. The molecule has 23 heavy (non-hydrogen) atoms. The SMILES string of the molecule is CCN(CC(=O)Nc1ccccc1OC)Cc1ccncc1Cl. The lowest BCUT2D eigenvalue weighted by Gasteiger charge is -2.20. The van der Waals surface area contributed by atoms with E-state index in [9.17, 15) is 4.79 Å². The smallest absolute Gasteiger partial charge is 0.238 e. The maximum absolute atomic E-state index is 12.3. The van der Waals surface area contributed by atoms with Gasteiger partial charge in [-0.1, -0.05) is 30.7 Å². The van der Waals surface area contributed by atoms with Crippen LogP contribution < -0.4 is 10.1 Å². The molecule has 0 atom stereocenters. The molecule has 122 valence electrons. The molecule has 5 nitrogen and oxygen atoms in total. The quantitative estimate of drug-likeness (QED) is 0.845. The highest BCUT2D eigenvalue weighted by Crippen LogP contribution is 2.23. The molecule has 1 amide bonds. The van der Waals surface area contributed by atoms with Crippen molar-refractivity contribution >= 4 is 23.2 Å². The molecular formula is C17H20ClN3O2. The first-order valence-corrected chi connectivity index (χ1v) is 7.75. The number of amides is 1. The van der Waals surface area contributed by atoms with Crippen LogP contribution in [0.3, 0.4) is 0 Å². The van der Waals surface area contributed by atoms with Gasteiger partial charge in [0, 0.05) is 18.9 Å². The van der Waals surface area contributed by atoms with E-state index in [1.54, 1.807) is 19.5 Å². The lowest BCUT2D eigenvalue weighted by atomic mass is 10.2. The molecule has 1 heterocycles. The van der Waals surface area contributed by atoms with Crippen molar-refractivity contribution in [1.82, 2.24) is 9.88 Å². The van der Waals surface area contributed by atoms with Crippen LogP contribution in [0.4, 0.5) is 5.69 Å². The number of carbonyl (C=O) groups is 1. The van der Waals surface area contributed by atoms with Crippen LogP contribution in [0.15, 0.2) is 42.7 Å². The third-order valence-corrected chi connectivity index (χ3v) is 3.79. The van der Waals surface area contributed by atoms with Crippen molar-refractivity contribution in [3.8, 4) is 5.75 Å². The predicted molar refractivity (Wildman–Crippen MR) is 91.8 cm³/mol. The molecule has 2 aromatic rings. The molecule has 1 N–H and O–H groups in total. The summed E-state index contributed by atoms with van der Waals surface area (Å²) >= 11 is 6.12. The van der Waals surface area contributed by atoms with Gasteiger partial charge < -0.3 is 10.1 Å². The van der Waals surface area contributed by atoms with Crippen molar-refractivity contribution in [2.75, 3.05) is 25.5 Å². The minimum Gasteiger partial charge on any atom is -0.495 e. The fraction of sp³-hybridized carbons (Fsp3) is 0.294. The van der Waals surface area contributed by atoms with E-state index in [2.05, 4.69) is 10.3 Å². The molecule has 1 aromatic carbocycles. The Morgan fingerprint density at radius 3 is 2.83 bits per heavy atom. The molecule has 0 aliphatic heterocycles. The highest BCUT2D eigenvalue weighted by atomic mass is 35.5. The number of pyridine rings is 1. The number of carbonyl (C=O) groups excluding carboxylic acids is 1. The van der Waals surface area contributed by atoms with Crippen molar-refractivity contribution in [2.24, 2.45) is 0 Å². The van der Waals surface area contributed by atoms with Gasteiger partial charge in [0.2, 0.25) is 5.91 Å². The molecule has 0 bridgehead atoms. The van der Waals surface area contributed by atoms with Gasteiger partial charge in [-0.05, 0) is 30.3 Å². The number of rotatable bonds is 7. The lowest BCUT2D eigenvalue weighted by Crippen LogP contribution is -2.32. The number of nitrogens with one attached hydrogen (secondary N) is 1.